The Balaban J connectivity index is 2.24. The van der Waals surface area contributed by atoms with Crippen LogP contribution in [0.15, 0.2) is 18.3 Å². The molecule has 0 atom stereocenters. The van der Waals surface area contributed by atoms with Gasteiger partial charge in [-0.2, -0.15) is 13.2 Å². The van der Waals surface area contributed by atoms with Gasteiger partial charge in [0.25, 0.3) is 5.91 Å². The molecule has 2 rings (SSSR count). The summed E-state index contributed by atoms with van der Waals surface area (Å²) in [6.45, 7) is 3.12. The van der Waals surface area contributed by atoms with Crippen molar-refractivity contribution in [3.8, 4) is 0 Å². The van der Waals surface area contributed by atoms with Crippen LogP contribution >= 0.6 is 11.3 Å². The third-order valence-corrected chi connectivity index (χ3v) is 3.60. The molecule has 8 heteroatoms. The number of hydrogen-bond donors (Lipinski definition) is 1. The largest absolute Gasteiger partial charge is 0.443 e. The van der Waals surface area contributed by atoms with Crippen molar-refractivity contribution in [3.05, 3.63) is 39.6 Å². The Morgan fingerprint density at radius 2 is 2.05 bits per heavy atom. The minimum absolute atomic E-state index is 0.0493. The Hall–Kier alpha value is -1.96. The molecule has 1 amide bonds. The Kier molecular flexibility index (Phi) is 3.76. The van der Waals surface area contributed by atoms with E-state index in [1.54, 1.807) is 19.1 Å². The van der Waals surface area contributed by atoms with E-state index >= 15 is 0 Å². The molecule has 20 heavy (non-hydrogen) atoms. The Labute approximate surface area is 116 Å². The number of hydrogen-bond acceptors (Lipinski definition) is 4. The molecule has 0 aliphatic rings. The van der Waals surface area contributed by atoms with Gasteiger partial charge in [0.15, 0.2) is 5.01 Å². The van der Waals surface area contributed by atoms with E-state index < -0.39 is 17.1 Å². The number of nitrogens with zero attached hydrogens (tertiary/aromatic N) is 2. The van der Waals surface area contributed by atoms with Crippen molar-refractivity contribution in [1.82, 2.24) is 9.97 Å². The lowest BCUT2D eigenvalue weighted by molar-refractivity contribution is -0.137. The predicted molar refractivity (Wildman–Crippen MR) is 68.8 cm³/mol. The molecule has 0 saturated carbocycles. The fourth-order valence-corrected chi connectivity index (χ4v) is 2.37. The van der Waals surface area contributed by atoms with Crippen molar-refractivity contribution in [3.63, 3.8) is 0 Å². The highest BCUT2D eigenvalue weighted by atomic mass is 32.1. The minimum atomic E-state index is -4.54. The second-order valence-electron chi connectivity index (χ2n) is 4.07. The van der Waals surface area contributed by atoms with E-state index in [4.69, 9.17) is 0 Å². The number of alkyl halides is 3. The molecule has 0 bridgehead atoms. The van der Waals surface area contributed by atoms with Gasteiger partial charge in [-0.15, -0.1) is 11.3 Å². The summed E-state index contributed by atoms with van der Waals surface area (Å²) >= 11 is 0.334. The van der Waals surface area contributed by atoms with Crippen LogP contribution in [-0.4, -0.2) is 15.9 Å². The lowest BCUT2D eigenvalue weighted by Gasteiger charge is -2.04. The number of aryl methyl sites for hydroxylation is 2. The van der Waals surface area contributed by atoms with Crippen LogP contribution in [0.3, 0.4) is 0 Å². The number of aromatic nitrogens is 2. The van der Waals surface area contributed by atoms with Crippen molar-refractivity contribution in [2.45, 2.75) is 20.0 Å². The highest BCUT2D eigenvalue weighted by molar-refractivity contribution is 7.14. The minimum Gasteiger partial charge on any atom is -0.321 e. The van der Waals surface area contributed by atoms with Crippen LogP contribution < -0.4 is 5.32 Å². The highest BCUT2D eigenvalue weighted by Crippen LogP contribution is 2.34. The van der Waals surface area contributed by atoms with Crippen LogP contribution in [0.2, 0.25) is 0 Å². The summed E-state index contributed by atoms with van der Waals surface area (Å²) in [6.07, 6.45) is -3.03. The number of rotatable bonds is 2. The summed E-state index contributed by atoms with van der Waals surface area (Å²) in [7, 11) is 0. The van der Waals surface area contributed by atoms with E-state index in [0.717, 1.165) is 0 Å². The summed E-state index contributed by atoms with van der Waals surface area (Å²) in [6, 6.07) is 3.19. The van der Waals surface area contributed by atoms with Crippen LogP contribution in [0.5, 0.6) is 0 Å². The van der Waals surface area contributed by atoms with Gasteiger partial charge in [-0.25, -0.2) is 4.98 Å². The SMILES string of the molecule is Cc1cc(NC(=O)c2sc(C(F)(F)F)nc2C)ccn1. The van der Waals surface area contributed by atoms with Gasteiger partial charge in [0, 0.05) is 17.6 Å². The first-order valence-electron chi connectivity index (χ1n) is 5.56. The molecule has 2 aromatic heterocycles. The topological polar surface area (TPSA) is 54.9 Å². The highest BCUT2D eigenvalue weighted by Gasteiger charge is 2.36. The zero-order chi connectivity index (χ0) is 14.9. The van der Waals surface area contributed by atoms with Crippen LogP contribution in [0, 0.1) is 13.8 Å². The number of carbonyl (C=O) groups is 1. The van der Waals surface area contributed by atoms with E-state index in [1.165, 1.54) is 13.1 Å². The summed E-state index contributed by atoms with van der Waals surface area (Å²) in [5.41, 5.74) is 1.23. The van der Waals surface area contributed by atoms with Crippen LogP contribution in [0.1, 0.15) is 26.1 Å². The van der Waals surface area contributed by atoms with E-state index in [0.29, 0.717) is 22.7 Å². The smallest absolute Gasteiger partial charge is 0.321 e. The molecule has 106 valence electrons. The third kappa shape index (κ3) is 3.13. The molecule has 2 aromatic rings. The van der Waals surface area contributed by atoms with E-state index in [-0.39, 0.29) is 10.6 Å². The number of halogens is 3. The molecule has 0 aliphatic carbocycles. The van der Waals surface area contributed by atoms with Gasteiger partial charge in [0.2, 0.25) is 0 Å². The van der Waals surface area contributed by atoms with Gasteiger partial charge < -0.3 is 5.32 Å². The second kappa shape index (κ2) is 5.20. The number of amides is 1. The fraction of sp³-hybridized carbons (Fsp3) is 0.250. The molecule has 2 heterocycles. The predicted octanol–water partition coefficient (Wildman–Crippen LogP) is 3.43. The van der Waals surface area contributed by atoms with E-state index in [9.17, 15) is 18.0 Å². The molecule has 4 nitrogen and oxygen atoms in total. The van der Waals surface area contributed by atoms with E-state index in [2.05, 4.69) is 15.3 Å². The molecule has 1 N–H and O–H groups in total. The van der Waals surface area contributed by atoms with Crippen molar-refractivity contribution in [2.24, 2.45) is 0 Å². The first kappa shape index (κ1) is 14.4. The maximum atomic E-state index is 12.5. The van der Waals surface area contributed by atoms with Crippen molar-refractivity contribution in [1.29, 1.82) is 0 Å². The normalized spacial score (nSPS) is 11.4. The van der Waals surface area contributed by atoms with Gasteiger partial charge in [-0.1, -0.05) is 0 Å². The average molecular weight is 301 g/mol. The maximum absolute atomic E-state index is 12.5. The number of carbonyl (C=O) groups excluding carboxylic acids is 1. The van der Waals surface area contributed by atoms with Gasteiger partial charge in [0.05, 0.1) is 5.69 Å². The zero-order valence-corrected chi connectivity index (χ0v) is 11.4. The number of nitrogens with one attached hydrogen (secondary N) is 1. The molecule has 0 radical (unpaired) electrons. The van der Waals surface area contributed by atoms with Crippen molar-refractivity contribution >= 4 is 22.9 Å². The molecule has 0 aromatic carbocycles. The summed E-state index contributed by atoms with van der Waals surface area (Å²) < 4.78 is 37.6. The fourth-order valence-electron chi connectivity index (χ4n) is 1.54. The summed E-state index contributed by atoms with van der Waals surface area (Å²) in [4.78, 5) is 19.3. The van der Waals surface area contributed by atoms with Gasteiger partial charge in [-0.05, 0) is 26.0 Å². The zero-order valence-electron chi connectivity index (χ0n) is 10.6. The summed E-state index contributed by atoms with van der Waals surface area (Å²) in [5.74, 6) is -0.610. The molecule has 0 saturated heterocycles. The van der Waals surface area contributed by atoms with Crippen molar-refractivity contribution < 1.29 is 18.0 Å². The maximum Gasteiger partial charge on any atom is 0.443 e. The molecule has 0 spiro atoms. The van der Waals surface area contributed by atoms with Gasteiger partial charge >= 0.3 is 6.18 Å². The van der Waals surface area contributed by atoms with Crippen LogP contribution in [-0.2, 0) is 6.18 Å². The molecule has 0 fully saturated rings. The first-order chi connectivity index (χ1) is 9.27. The average Bonchev–Trinajstić information content (AvgIpc) is 2.71. The first-order valence-corrected chi connectivity index (χ1v) is 6.37. The van der Waals surface area contributed by atoms with Gasteiger partial charge in [0.1, 0.15) is 4.88 Å². The number of pyridine rings is 1. The quantitative estimate of drug-likeness (QED) is 0.924. The Morgan fingerprint density at radius 3 is 2.60 bits per heavy atom. The molecule has 0 aliphatic heterocycles. The monoisotopic (exact) mass is 301 g/mol. The number of thiazole rings is 1. The Bertz CT molecular complexity index is 652. The molecular formula is C12H10F3N3OS. The van der Waals surface area contributed by atoms with E-state index in [1.807, 2.05) is 0 Å². The molecular weight excluding hydrogens is 291 g/mol. The second-order valence-corrected chi connectivity index (χ2v) is 5.07. The van der Waals surface area contributed by atoms with Crippen LogP contribution in [0.4, 0.5) is 18.9 Å². The van der Waals surface area contributed by atoms with Gasteiger partial charge in [-0.3, -0.25) is 9.78 Å². The lowest BCUT2D eigenvalue weighted by Crippen LogP contribution is -2.11. The standard InChI is InChI=1S/C12H10F3N3OS/c1-6-5-8(3-4-16-6)18-10(19)9-7(2)17-11(20-9)12(13,14)15/h3-5H,1-2H3,(H,16,18,19). The van der Waals surface area contributed by atoms with Crippen molar-refractivity contribution in [2.75, 3.05) is 5.32 Å². The Morgan fingerprint density at radius 1 is 1.35 bits per heavy atom. The third-order valence-electron chi connectivity index (χ3n) is 2.40. The molecule has 0 unspecified atom stereocenters. The number of anilines is 1. The van der Waals surface area contributed by atoms with Crippen LogP contribution in [0.25, 0.3) is 0 Å². The summed E-state index contributed by atoms with van der Waals surface area (Å²) in [5, 5.41) is 1.51. The lowest BCUT2D eigenvalue weighted by atomic mass is 10.3.